The first kappa shape index (κ1) is 24.5. The van der Waals surface area contributed by atoms with Crippen molar-refractivity contribution in [3.05, 3.63) is 78.9 Å². The summed E-state index contributed by atoms with van der Waals surface area (Å²) in [4.78, 5) is 32.3. The second kappa shape index (κ2) is 9.79. The smallest absolute Gasteiger partial charge is 0.252 e. The fourth-order valence-electron chi connectivity index (χ4n) is 4.97. The van der Waals surface area contributed by atoms with Crippen LogP contribution in [-0.2, 0) is 24.3 Å². The van der Waals surface area contributed by atoms with Crippen molar-refractivity contribution in [2.45, 2.75) is 36.3 Å². The number of ether oxygens (including phenoxy) is 1. The predicted molar refractivity (Wildman–Crippen MR) is 140 cm³/mol. The molecule has 2 amide bonds. The maximum Gasteiger partial charge on any atom is 0.252 e. The number of rotatable bonds is 7. The maximum absolute atomic E-state index is 13.6. The fourth-order valence-corrected chi connectivity index (χ4v) is 6.60. The molecule has 2 aliphatic rings. The molecule has 2 atom stereocenters. The number of hydrogen-bond acceptors (Lipinski definition) is 7. The molecule has 194 valence electrons. The highest BCUT2D eigenvalue weighted by Gasteiger charge is 2.47. The number of fused-ring (bicyclic) bond motifs is 1. The molecule has 0 N–H and O–H groups in total. The highest BCUT2D eigenvalue weighted by molar-refractivity contribution is 7.89. The third-order valence-electron chi connectivity index (χ3n) is 6.89. The summed E-state index contributed by atoms with van der Waals surface area (Å²) < 4.78 is 39.9. The summed E-state index contributed by atoms with van der Waals surface area (Å²) in [6.45, 7) is 0.547. The van der Waals surface area contributed by atoms with Crippen molar-refractivity contribution < 1.29 is 27.2 Å². The van der Waals surface area contributed by atoms with Gasteiger partial charge in [-0.3, -0.25) is 9.59 Å². The molecule has 0 spiro atoms. The highest BCUT2D eigenvalue weighted by Crippen LogP contribution is 2.32. The van der Waals surface area contributed by atoms with Gasteiger partial charge in [0.25, 0.3) is 5.91 Å². The van der Waals surface area contributed by atoms with Gasteiger partial charge in [-0.25, -0.2) is 18.3 Å². The van der Waals surface area contributed by atoms with Crippen molar-refractivity contribution in [2.24, 2.45) is 0 Å². The minimum Gasteiger partial charge on any atom is -0.436 e. The zero-order chi connectivity index (χ0) is 26.3. The molecular formula is C28H25N3O6S. The van der Waals surface area contributed by atoms with Crippen molar-refractivity contribution >= 4 is 38.6 Å². The molecule has 4 aromatic rings. The lowest BCUT2D eigenvalue weighted by atomic mass is 10.2. The highest BCUT2D eigenvalue weighted by atomic mass is 32.2. The molecule has 0 saturated carbocycles. The van der Waals surface area contributed by atoms with Gasteiger partial charge in [0.1, 0.15) is 11.6 Å². The van der Waals surface area contributed by atoms with E-state index in [9.17, 15) is 18.0 Å². The van der Waals surface area contributed by atoms with Gasteiger partial charge in [-0.2, -0.15) is 4.31 Å². The number of imide groups is 1. The van der Waals surface area contributed by atoms with Crippen LogP contribution < -0.4 is 4.90 Å². The van der Waals surface area contributed by atoms with Crippen LogP contribution in [0.4, 0.5) is 5.69 Å². The van der Waals surface area contributed by atoms with Crippen LogP contribution in [0.3, 0.4) is 0 Å². The first-order valence-corrected chi connectivity index (χ1v) is 13.9. The second-order valence-corrected chi connectivity index (χ2v) is 11.2. The van der Waals surface area contributed by atoms with E-state index in [4.69, 9.17) is 9.15 Å². The Morgan fingerprint density at radius 3 is 2.39 bits per heavy atom. The Balaban J connectivity index is 1.29. The predicted octanol–water partition coefficient (Wildman–Crippen LogP) is 4.00. The van der Waals surface area contributed by atoms with E-state index in [0.717, 1.165) is 21.1 Å². The monoisotopic (exact) mass is 531 g/mol. The Hall–Kier alpha value is -3.86. The Labute approximate surface area is 219 Å². The summed E-state index contributed by atoms with van der Waals surface area (Å²) in [5.41, 5.74) is 2.43. The van der Waals surface area contributed by atoms with Gasteiger partial charge in [0.05, 0.1) is 23.1 Å². The summed E-state index contributed by atoms with van der Waals surface area (Å²) in [5.74, 6) is -0.622. The minimum atomic E-state index is -4.06. The Kier molecular flexibility index (Phi) is 6.30. The van der Waals surface area contributed by atoms with Crippen molar-refractivity contribution in [3.63, 3.8) is 0 Å². The Bertz CT molecular complexity index is 1560. The van der Waals surface area contributed by atoms with E-state index in [-0.39, 0.29) is 24.0 Å². The second-order valence-electron chi connectivity index (χ2n) is 9.34. The fraction of sp³-hybridized carbons (Fsp3) is 0.250. The SMILES string of the molecule is O=C1CC(N(CC2CCCO2)S(=O)(=O)c2ccccc2)C(=O)N1c1ccc(-c2nc3ccccc3o2)cc1. The van der Waals surface area contributed by atoms with E-state index in [1.54, 1.807) is 42.5 Å². The standard InChI is InChI=1S/C28H25N3O6S/c32-26-17-24(30(18-21-7-6-16-36-21)38(34,35)22-8-2-1-3-9-22)28(33)31(26)20-14-12-19(13-15-20)27-29-23-10-4-5-11-25(23)37-27/h1-5,8-15,21,24H,6-7,16-18H2. The molecule has 3 aromatic carbocycles. The van der Waals surface area contributed by atoms with E-state index in [1.807, 2.05) is 24.3 Å². The van der Waals surface area contributed by atoms with Crippen molar-refractivity contribution in [3.8, 4) is 11.5 Å². The summed E-state index contributed by atoms with van der Waals surface area (Å²) >= 11 is 0. The Morgan fingerprint density at radius 1 is 0.947 bits per heavy atom. The van der Waals surface area contributed by atoms with Crippen molar-refractivity contribution in [1.82, 2.24) is 9.29 Å². The van der Waals surface area contributed by atoms with Gasteiger partial charge >= 0.3 is 0 Å². The lowest BCUT2D eigenvalue weighted by Gasteiger charge is -2.28. The number of sulfonamides is 1. The van der Waals surface area contributed by atoms with E-state index in [0.29, 0.717) is 35.8 Å². The molecule has 0 radical (unpaired) electrons. The normalized spacial score (nSPS) is 20.2. The number of benzene rings is 3. The number of nitrogens with zero attached hydrogens (tertiary/aromatic N) is 3. The van der Waals surface area contributed by atoms with E-state index in [2.05, 4.69) is 4.98 Å². The average molecular weight is 532 g/mol. The quantitative estimate of drug-likeness (QED) is 0.332. The van der Waals surface area contributed by atoms with Gasteiger partial charge < -0.3 is 9.15 Å². The molecular weight excluding hydrogens is 506 g/mol. The molecule has 2 saturated heterocycles. The molecule has 2 aliphatic heterocycles. The van der Waals surface area contributed by atoms with Crippen LogP contribution in [0.5, 0.6) is 0 Å². The van der Waals surface area contributed by atoms with Crippen LogP contribution in [0.15, 0.2) is 88.2 Å². The van der Waals surface area contributed by atoms with Crippen molar-refractivity contribution in [2.75, 3.05) is 18.1 Å². The topological polar surface area (TPSA) is 110 Å². The molecule has 38 heavy (non-hydrogen) atoms. The van der Waals surface area contributed by atoms with Crippen LogP contribution in [0.25, 0.3) is 22.6 Å². The van der Waals surface area contributed by atoms with Crippen molar-refractivity contribution in [1.29, 1.82) is 0 Å². The molecule has 3 heterocycles. The number of carbonyl (C=O) groups is 2. The lowest BCUT2D eigenvalue weighted by Crippen LogP contribution is -2.48. The minimum absolute atomic E-state index is 0.00537. The summed E-state index contributed by atoms with van der Waals surface area (Å²) in [5, 5.41) is 0. The summed E-state index contributed by atoms with van der Waals surface area (Å²) in [6.07, 6.45) is 0.933. The lowest BCUT2D eigenvalue weighted by molar-refractivity contribution is -0.122. The zero-order valence-electron chi connectivity index (χ0n) is 20.4. The van der Waals surface area contributed by atoms with Crippen LogP contribution >= 0.6 is 0 Å². The molecule has 2 fully saturated rings. The van der Waals surface area contributed by atoms with E-state index < -0.39 is 27.9 Å². The molecule has 0 bridgehead atoms. The molecule has 0 aliphatic carbocycles. The maximum atomic E-state index is 13.6. The number of carbonyl (C=O) groups excluding carboxylic acids is 2. The first-order valence-electron chi connectivity index (χ1n) is 12.4. The summed E-state index contributed by atoms with van der Waals surface area (Å²) in [7, 11) is -4.06. The average Bonchev–Trinajstić information content (AvgIpc) is 3.67. The molecule has 1 aromatic heterocycles. The number of anilines is 1. The van der Waals surface area contributed by atoms with E-state index in [1.165, 1.54) is 12.1 Å². The van der Waals surface area contributed by atoms with Crippen LogP contribution in [0.1, 0.15) is 19.3 Å². The number of para-hydroxylation sites is 2. The molecule has 9 nitrogen and oxygen atoms in total. The number of oxazole rings is 1. The van der Waals surface area contributed by atoms with Crippen LogP contribution in [-0.4, -0.2) is 54.8 Å². The first-order chi connectivity index (χ1) is 18.4. The zero-order valence-corrected chi connectivity index (χ0v) is 21.2. The number of hydrogen-bond donors (Lipinski definition) is 0. The third-order valence-corrected chi connectivity index (χ3v) is 8.78. The van der Waals surface area contributed by atoms with Gasteiger partial charge in [0.2, 0.25) is 21.8 Å². The largest absolute Gasteiger partial charge is 0.436 e. The van der Waals surface area contributed by atoms with Gasteiger partial charge in [-0.15, -0.1) is 0 Å². The molecule has 10 heteroatoms. The number of amides is 2. The Morgan fingerprint density at radius 2 is 1.68 bits per heavy atom. The molecule has 6 rings (SSSR count). The van der Waals surface area contributed by atoms with Gasteiger partial charge in [0, 0.05) is 18.7 Å². The van der Waals surface area contributed by atoms with Gasteiger partial charge in [-0.1, -0.05) is 30.3 Å². The van der Waals surface area contributed by atoms with Gasteiger partial charge in [-0.05, 0) is 61.4 Å². The third kappa shape index (κ3) is 4.40. The van der Waals surface area contributed by atoms with Crippen LogP contribution in [0, 0.1) is 0 Å². The van der Waals surface area contributed by atoms with E-state index >= 15 is 0 Å². The number of aromatic nitrogens is 1. The molecule has 2 unspecified atom stereocenters. The summed E-state index contributed by atoms with van der Waals surface area (Å²) in [6, 6.07) is 20.9. The van der Waals surface area contributed by atoms with Gasteiger partial charge in [0.15, 0.2) is 5.58 Å². The van der Waals surface area contributed by atoms with Crippen LogP contribution in [0.2, 0.25) is 0 Å².